The number of aromatic amines is 1. The molecule has 1 aromatic rings. The normalized spacial score (nSPS) is 29.4. The smallest absolute Gasteiger partial charge is 0.353 e. The van der Waals surface area contributed by atoms with E-state index in [4.69, 9.17) is 18.7 Å². The second kappa shape index (κ2) is 8.98. The Bertz CT molecular complexity index is 813. The number of nitrogens with zero attached hydrogens (tertiary/aromatic N) is 1. The molecule has 1 fully saturated rings. The van der Waals surface area contributed by atoms with E-state index in [-0.39, 0.29) is 0 Å². The van der Waals surface area contributed by atoms with Crippen LogP contribution in [0.3, 0.4) is 0 Å². The minimum Gasteiger partial charge on any atom is -0.374 e. The summed E-state index contributed by atoms with van der Waals surface area (Å²) < 4.78 is 38.3. The lowest BCUT2D eigenvalue weighted by Crippen LogP contribution is -2.39. The quantitative estimate of drug-likeness (QED) is 0.437. The molecule has 3 N–H and O–H groups in total. The number of hydrogen-bond donors (Lipinski definition) is 3. The Morgan fingerprint density at radius 1 is 1.42 bits per heavy atom. The van der Waals surface area contributed by atoms with Gasteiger partial charge >= 0.3 is 13.3 Å². The average molecular weight is 432 g/mol. The number of methoxy groups -OCH3 is 1. The van der Waals surface area contributed by atoms with Crippen molar-refractivity contribution in [3.63, 3.8) is 0 Å². The summed E-state index contributed by atoms with van der Waals surface area (Å²) in [4.78, 5) is 44.2. The van der Waals surface area contributed by atoms with Gasteiger partial charge in [0.15, 0.2) is 26.0 Å². The predicted molar refractivity (Wildman–Crippen MR) is 91.6 cm³/mol. The molecule has 1 aliphatic heterocycles. The first-order valence-corrected chi connectivity index (χ1v) is 11.3. The third-order valence-corrected chi connectivity index (χ3v) is 5.28. The van der Waals surface area contributed by atoms with Crippen LogP contribution in [0.1, 0.15) is 6.23 Å². The maximum absolute atomic E-state index is 12.0. The molecular weight excluding hydrogens is 414 g/mol. The lowest BCUT2D eigenvalue weighted by atomic mass is 10.2. The van der Waals surface area contributed by atoms with E-state index >= 15 is 0 Å². The fourth-order valence-electron chi connectivity index (χ4n) is 2.31. The second-order valence-corrected chi connectivity index (χ2v) is 8.79. The zero-order valence-corrected chi connectivity index (χ0v) is 16.3. The van der Waals surface area contributed by atoms with Gasteiger partial charge in [0.2, 0.25) is 0 Å². The van der Waals surface area contributed by atoms with E-state index in [1.54, 1.807) is 0 Å². The Morgan fingerprint density at radius 3 is 2.65 bits per heavy atom. The van der Waals surface area contributed by atoms with Gasteiger partial charge in [-0.25, -0.2) is 4.79 Å². The molecule has 0 amide bonds. The molecule has 1 saturated heterocycles. The van der Waals surface area contributed by atoms with Crippen molar-refractivity contribution in [1.29, 1.82) is 0 Å². The molecule has 148 valence electrons. The molecule has 0 radical (unpaired) electrons. The Balaban J connectivity index is 2.32. The molecule has 0 spiro atoms. The summed E-state index contributed by atoms with van der Waals surface area (Å²) in [6, 6.07) is 1.10. The summed E-state index contributed by atoms with van der Waals surface area (Å²) in [5, 5.41) is 0. The van der Waals surface area contributed by atoms with Crippen LogP contribution in [0, 0.1) is 0 Å². The van der Waals surface area contributed by atoms with Crippen molar-refractivity contribution in [2.75, 3.05) is 20.6 Å². The van der Waals surface area contributed by atoms with Crippen LogP contribution in [0.2, 0.25) is 0 Å². The molecule has 3 unspecified atom stereocenters. The summed E-state index contributed by atoms with van der Waals surface area (Å²) in [6.45, 7) is 0. The first-order valence-electron chi connectivity index (χ1n) is 7.07. The molecular formula is C11H18N2O10P2S. The Hall–Kier alpha value is -0.720. The highest BCUT2D eigenvalue weighted by molar-refractivity contribution is 8.00. The van der Waals surface area contributed by atoms with Crippen molar-refractivity contribution >= 4 is 26.6 Å². The second-order valence-electron chi connectivity index (χ2n) is 5.08. The van der Waals surface area contributed by atoms with Gasteiger partial charge in [-0.15, -0.1) is 0 Å². The highest BCUT2D eigenvalue weighted by Crippen LogP contribution is 2.43. The van der Waals surface area contributed by atoms with Gasteiger partial charge < -0.3 is 33.0 Å². The lowest BCUT2D eigenvalue weighted by Gasteiger charge is -2.23. The van der Waals surface area contributed by atoms with Gasteiger partial charge in [0.05, 0.1) is 0 Å². The van der Waals surface area contributed by atoms with E-state index in [1.165, 1.54) is 13.3 Å². The van der Waals surface area contributed by atoms with E-state index in [0.29, 0.717) is 0 Å². The summed E-state index contributed by atoms with van der Waals surface area (Å²) in [5.41, 5.74) is -1.38. The van der Waals surface area contributed by atoms with Crippen LogP contribution in [0.5, 0.6) is 0 Å². The van der Waals surface area contributed by atoms with E-state index < -0.39 is 57.1 Å². The van der Waals surface area contributed by atoms with Crippen LogP contribution in [0.15, 0.2) is 21.9 Å². The monoisotopic (exact) mass is 432 g/mol. The highest BCUT2D eigenvalue weighted by atomic mass is 32.4. The van der Waals surface area contributed by atoms with Crippen LogP contribution >= 0.6 is 14.7 Å². The third kappa shape index (κ3) is 5.17. The number of H-pyrrole nitrogens is 1. The van der Waals surface area contributed by atoms with Crippen LogP contribution in [0.4, 0.5) is 0 Å². The number of rotatable bonds is 8. The van der Waals surface area contributed by atoms with Gasteiger partial charge in [-0.1, -0.05) is 0 Å². The molecule has 0 bridgehead atoms. The van der Waals surface area contributed by atoms with E-state index in [9.17, 15) is 23.9 Å². The van der Waals surface area contributed by atoms with Crippen molar-refractivity contribution in [3.8, 4) is 0 Å². The minimum atomic E-state index is -4.02. The van der Waals surface area contributed by atoms with Gasteiger partial charge in [0.1, 0.15) is 12.2 Å². The molecule has 12 nitrogen and oxygen atoms in total. The summed E-state index contributed by atoms with van der Waals surface area (Å²) in [5.74, 6) is 0. The highest BCUT2D eigenvalue weighted by Gasteiger charge is 2.49. The maximum atomic E-state index is 12.0. The van der Waals surface area contributed by atoms with Crippen molar-refractivity contribution in [3.05, 3.63) is 33.1 Å². The van der Waals surface area contributed by atoms with Crippen molar-refractivity contribution in [1.82, 2.24) is 9.55 Å². The number of nitrogens with one attached hydrogen (secondary N) is 1. The standard InChI is InChI=1S/C11H18N2O10P2S/c1-19-7-8(23-24(16)26)10(21-5-25(17,18)20-2)22-9(7)13-4-3-6(14)12-11(13)15/h3-4,7-10,24H,5H2,1-2H3,(H,16,26)(H,17,18)(H,12,14,15)/t7-,8+,9?,10+/m1/s1. The molecule has 2 heterocycles. The van der Waals surface area contributed by atoms with Crippen molar-refractivity contribution in [2.45, 2.75) is 24.7 Å². The van der Waals surface area contributed by atoms with Crippen LogP contribution < -0.4 is 11.2 Å². The maximum Gasteiger partial charge on any atom is 0.353 e. The predicted octanol–water partition coefficient (Wildman–Crippen LogP) is -0.904. The average Bonchev–Trinajstić information content (AvgIpc) is 2.89. The SMILES string of the molecule is CO[C@H]1C(n2ccc(=O)[nH]c2=O)O[C@H](OCP(=O)(O)OC)[C@H]1O[PH](O)=S. The zero-order valence-electron chi connectivity index (χ0n) is 13.6. The van der Waals surface area contributed by atoms with E-state index in [0.717, 1.165) is 17.7 Å². The lowest BCUT2D eigenvalue weighted by molar-refractivity contribution is -0.165. The zero-order chi connectivity index (χ0) is 19.5. The van der Waals surface area contributed by atoms with Gasteiger partial charge in [0.25, 0.3) is 5.56 Å². The van der Waals surface area contributed by atoms with Crippen LogP contribution in [0.25, 0.3) is 0 Å². The minimum absolute atomic E-state index is 0.605. The first-order chi connectivity index (χ1) is 12.2. The Labute approximate surface area is 152 Å². The molecule has 0 aromatic carbocycles. The molecule has 6 atom stereocenters. The molecule has 0 aliphatic carbocycles. The Morgan fingerprint density at radius 2 is 2.12 bits per heavy atom. The Kier molecular flexibility index (Phi) is 7.45. The van der Waals surface area contributed by atoms with Gasteiger partial charge in [0, 0.05) is 26.5 Å². The molecule has 15 heteroatoms. The molecule has 26 heavy (non-hydrogen) atoms. The summed E-state index contributed by atoms with van der Waals surface area (Å²) in [6.07, 6.45) is -4.04. The summed E-state index contributed by atoms with van der Waals surface area (Å²) in [7, 11) is -4.32. The number of hydrogen-bond acceptors (Lipinski definition) is 9. The van der Waals surface area contributed by atoms with Crippen LogP contribution in [-0.2, 0) is 39.6 Å². The topological polar surface area (TPSA) is 159 Å². The van der Waals surface area contributed by atoms with Crippen molar-refractivity contribution < 1.29 is 37.6 Å². The first kappa shape index (κ1) is 21.6. The van der Waals surface area contributed by atoms with E-state index in [2.05, 4.69) is 21.3 Å². The molecule has 2 rings (SSSR count). The number of aromatic nitrogens is 2. The molecule has 0 saturated carbocycles. The summed E-state index contributed by atoms with van der Waals surface area (Å²) >= 11 is 4.67. The third-order valence-electron chi connectivity index (χ3n) is 3.47. The molecule has 1 aliphatic rings. The fourth-order valence-corrected chi connectivity index (χ4v) is 3.56. The van der Waals surface area contributed by atoms with Crippen LogP contribution in [-0.4, -0.2) is 58.4 Å². The largest absolute Gasteiger partial charge is 0.374 e. The van der Waals surface area contributed by atoms with Gasteiger partial charge in [-0.2, -0.15) is 0 Å². The fraction of sp³-hybridized carbons (Fsp3) is 0.636. The van der Waals surface area contributed by atoms with Gasteiger partial charge in [-0.05, 0) is 11.8 Å². The van der Waals surface area contributed by atoms with Gasteiger partial charge in [-0.3, -0.25) is 18.9 Å². The molecule has 1 aromatic heterocycles. The van der Waals surface area contributed by atoms with E-state index in [1.807, 2.05) is 0 Å². The van der Waals surface area contributed by atoms with Crippen molar-refractivity contribution in [2.24, 2.45) is 0 Å². The number of ether oxygens (including phenoxy) is 3.